The first-order chi connectivity index (χ1) is 10.6. The minimum absolute atomic E-state index is 0.293. The molecule has 2 heteroatoms. The van der Waals surface area contributed by atoms with Crippen molar-refractivity contribution in [2.45, 2.75) is 106 Å². The summed E-state index contributed by atoms with van der Waals surface area (Å²) in [6.45, 7) is 19.0. The van der Waals surface area contributed by atoms with Crippen LogP contribution in [0.3, 0.4) is 0 Å². The third-order valence-electron chi connectivity index (χ3n) is 5.79. The number of hydrogen-bond donors (Lipinski definition) is 0. The van der Waals surface area contributed by atoms with Crippen LogP contribution in [0.25, 0.3) is 0 Å². The van der Waals surface area contributed by atoms with E-state index in [2.05, 4.69) is 55.4 Å². The molecule has 0 aromatic rings. The predicted octanol–water partition coefficient (Wildman–Crippen LogP) is 6.08. The van der Waals surface area contributed by atoms with Gasteiger partial charge >= 0.3 is 0 Å². The topological polar surface area (TPSA) is 18.5 Å². The zero-order chi connectivity index (χ0) is 17.6. The van der Waals surface area contributed by atoms with Crippen LogP contribution < -0.4 is 0 Å². The molecule has 0 heterocycles. The molecular weight excluding hydrogens is 284 g/mol. The lowest BCUT2D eigenvalue weighted by molar-refractivity contribution is -0.0392. The first-order valence-corrected chi connectivity index (χ1v) is 9.91. The van der Waals surface area contributed by atoms with Crippen molar-refractivity contribution in [3.8, 4) is 0 Å². The number of hydrogen-bond acceptors (Lipinski definition) is 2. The minimum Gasteiger partial charge on any atom is -0.377 e. The van der Waals surface area contributed by atoms with Crippen LogP contribution in [0.15, 0.2) is 0 Å². The van der Waals surface area contributed by atoms with Gasteiger partial charge in [0.25, 0.3) is 0 Å². The molecule has 0 radical (unpaired) electrons. The molecule has 0 aliphatic heterocycles. The fourth-order valence-corrected chi connectivity index (χ4v) is 3.12. The molecule has 0 aromatic heterocycles. The maximum Gasteiger partial charge on any atom is 0.0600 e. The summed E-state index contributed by atoms with van der Waals surface area (Å²) in [4.78, 5) is 0. The third kappa shape index (κ3) is 7.56. The highest BCUT2D eigenvalue weighted by molar-refractivity contribution is 4.81. The Hall–Kier alpha value is -0.0800. The van der Waals surface area contributed by atoms with E-state index in [0.29, 0.717) is 35.6 Å². The van der Waals surface area contributed by atoms with Gasteiger partial charge in [0, 0.05) is 0 Å². The summed E-state index contributed by atoms with van der Waals surface area (Å²) < 4.78 is 12.6. The summed E-state index contributed by atoms with van der Waals surface area (Å²) in [6, 6.07) is 0. The Kier molecular flexibility index (Phi) is 8.58. The molecule has 1 fully saturated rings. The van der Waals surface area contributed by atoms with Crippen LogP contribution in [0.4, 0.5) is 0 Å². The van der Waals surface area contributed by atoms with Gasteiger partial charge in [-0.15, -0.1) is 0 Å². The Morgan fingerprint density at radius 3 is 2.17 bits per heavy atom. The van der Waals surface area contributed by atoms with Gasteiger partial charge < -0.3 is 9.47 Å². The Morgan fingerprint density at radius 2 is 1.65 bits per heavy atom. The summed E-state index contributed by atoms with van der Waals surface area (Å²) in [5.41, 5.74) is 0.293. The van der Waals surface area contributed by atoms with Gasteiger partial charge in [0.15, 0.2) is 0 Å². The van der Waals surface area contributed by atoms with Gasteiger partial charge in [-0.05, 0) is 62.2 Å². The fraction of sp³-hybridized carbons (Fsp3) is 1.00. The summed E-state index contributed by atoms with van der Waals surface area (Å²) in [7, 11) is 0. The standard InChI is InChI=1S/C21H42O2/c1-9-21(7,8)14-22-20(16(4)5)13-18-10-11-19(12-18)23-17(6)15(2)3/h15-20H,9-14H2,1-8H3/t17-,18?,19?,20?/m1/s1. The van der Waals surface area contributed by atoms with Crippen LogP contribution in [0.2, 0.25) is 0 Å². The largest absolute Gasteiger partial charge is 0.377 e. The molecule has 0 aromatic carbocycles. The molecule has 1 saturated carbocycles. The van der Waals surface area contributed by atoms with Crippen molar-refractivity contribution in [2.24, 2.45) is 23.2 Å². The maximum absolute atomic E-state index is 6.33. The molecule has 1 aliphatic carbocycles. The van der Waals surface area contributed by atoms with Gasteiger partial charge in [-0.25, -0.2) is 0 Å². The van der Waals surface area contributed by atoms with Crippen LogP contribution in [0.1, 0.15) is 87.5 Å². The average Bonchev–Trinajstić information content (AvgIpc) is 2.90. The molecule has 1 aliphatic rings. The highest BCUT2D eigenvalue weighted by Crippen LogP contribution is 2.35. The Bertz CT molecular complexity index is 322. The van der Waals surface area contributed by atoms with Crippen molar-refractivity contribution >= 4 is 0 Å². The van der Waals surface area contributed by atoms with Crippen LogP contribution in [-0.4, -0.2) is 24.9 Å². The van der Waals surface area contributed by atoms with Crippen LogP contribution in [0.5, 0.6) is 0 Å². The molecule has 1 rings (SSSR count). The highest BCUT2D eigenvalue weighted by atomic mass is 16.5. The average molecular weight is 327 g/mol. The van der Waals surface area contributed by atoms with Crippen LogP contribution in [0, 0.1) is 23.2 Å². The molecule has 4 atom stereocenters. The van der Waals surface area contributed by atoms with Crippen molar-refractivity contribution in [2.75, 3.05) is 6.61 Å². The molecule has 138 valence electrons. The molecule has 0 saturated heterocycles. The van der Waals surface area contributed by atoms with Gasteiger partial charge in [-0.2, -0.15) is 0 Å². The van der Waals surface area contributed by atoms with Crippen LogP contribution >= 0.6 is 0 Å². The minimum atomic E-state index is 0.293. The van der Waals surface area contributed by atoms with E-state index < -0.39 is 0 Å². The first-order valence-electron chi connectivity index (χ1n) is 9.91. The fourth-order valence-electron chi connectivity index (χ4n) is 3.12. The van der Waals surface area contributed by atoms with Crippen LogP contribution in [-0.2, 0) is 9.47 Å². The highest BCUT2D eigenvalue weighted by Gasteiger charge is 2.31. The van der Waals surface area contributed by atoms with Gasteiger partial charge in [-0.1, -0.05) is 48.5 Å². The summed E-state index contributed by atoms with van der Waals surface area (Å²) >= 11 is 0. The van der Waals surface area contributed by atoms with E-state index in [1.54, 1.807) is 0 Å². The van der Waals surface area contributed by atoms with E-state index in [9.17, 15) is 0 Å². The molecule has 0 N–H and O–H groups in total. The second-order valence-electron chi connectivity index (χ2n) is 9.23. The summed E-state index contributed by atoms with van der Waals surface area (Å²) in [5, 5.41) is 0. The zero-order valence-corrected chi connectivity index (χ0v) is 17.0. The lowest BCUT2D eigenvalue weighted by Gasteiger charge is -2.30. The van der Waals surface area contributed by atoms with Crippen molar-refractivity contribution in [1.29, 1.82) is 0 Å². The zero-order valence-electron chi connectivity index (χ0n) is 17.0. The molecule has 23 heavy (non-hydrogen) atoms. The molecule has 3 unspecified atom stereocenters. The number of ether oxygens (including phenoxy) is 2. The van der Waals surface area contributed by atoms with E-state index in [-0.39, 0.29) is 0 Å². The maximum atomic E-state index is 6.33. The normalized spacial score (nSPS) is 25.3. The van der Waals surface area contributed by atoms with Crippen molar-refractivity contribution in [3.05, 3.63) is 0 Å². The van der Waals surface area contributed by atoms with E-state index in [1.807, 2.05) is 0 Å². The quantitative estimate of drug-likeness (QED) is 0.484. The van der Waals surface area contributed by atoms with Gasteiger partial charge in [-0.3, -0.25) is 0 Å². The van der Waals surface area contributed by atoms with Gasteiger partial charge in [0.2, 0.25) is 0 Å². The smallest absolute Gasteiger partial charge is 0.0600 e. The summed E-state index contributed by atoms with van der Waals surface area (Å²) in [6.07, 6.45) is 7.37. The molecule has 0 spiro atoms. The SMILES string of the molecule is CCC(C)(C)COC(CC1CCC(O[C@H](C)C(C)C)C1)C(C)C. The third-order valence-corrected chi connectivity index (χ3v) is 5.79. The monoisotopic (exact) mass is 326 g/mol. The Morgan fingerprint density at radius 1 is 1.00 bits per heavy atom. The second-order valence-corrected chi connectivity index (χ2v) is 9.23. The second kappa shape index (κ2) is 9.42. The van der Waals surface area contributed by atoms with E-state index >= 15 is 0 Å². The number of rotatable bonds is 10. The lowest BCUT2D eigenvalue weighted by Crippen LogP contribution is -2.29. The van der Waals surface area contributed by atoms with E-state index in [0.717, 1.165) is 12.5 Å². The Balaban J connectivity index is 2.43. The van der Waals surface area contributed by atoms with Crippen molar-refractivity contribution in [3.63, 3.8) is 0 Å². The van der Waals surface area contributed by atoms with Gasteiger partial charge in [0.1, 0.15) is 0 Å². The molecular formula is C21H42O2. The first kappa shape index (κ1) is 21.0. The molecule has 0 amide bonds. The summed E-state index contributed by atoms with van der Waals surface area (Å²) in [5.74, 6) is 1.98. The van der Waals surface area contributed by atoms with Crippen molar-refractivity contribution < 1.29 is 9.47 Å². The molecule has 2 nitrogen and oxygen atoms in total. The van der Waals surface area contributed by atoms with Crippen molar-refractivity contribution in [1.82, 2.24) is 0 Å². The van der Waals surface area contributed by atoms with E-state index in [1.165, 1.54) is 32.1 Å². The molecule has 0 bridgehead atoms. The Labute approximate surface area is 145 Å². The predicted molar refractivity (Wildman–Crippen MR) is 99.8 cm³/mol. The lowest BCUT2D eigenvalue weighted by atomic mass is 9.90. The van der Waals surface area contributed by atoms with E-state index in [4.69, 9.17) is 9.47 Å². The van der Waals surface area contributed by atoms with Gasteiger partial charge in [0.05, 0.1) is 24.9 Å².